The van der Waals surface area contributed by atoms with Crippen LogP contribution >= 0.6 is 0 Å². The summed E-state index contributed by atoms with van der Waals surface area (Å²) in [4.78, 5) is 14.2. The zero-order valence-corrected chi connectivity index (χ0v) is 11.9. The van der Waals surface area contributed by atoms with Gasteiger partial charge >= 0.3 is 0 Å². The molecule has 1 aromatic rings. The molecule has 0 atom stereocenters. The molecule has 0 bridgehead atoms. The first-order chi connectivity index (χ1) is 9.60. The standard InChI is InChI=1S/C15H23N3O2/c1-11-5-6-12(16)9-14(11)17-15(20)10-18(7-8-19)13-3-2-4-13/h5-6,9,13,19H,2-4,7-8,10,16H2,1H3,(H,17,20). The third-order valence-corrected chi connectivity index (χ3v) is 3.86. The molecule has 0 spiro atoms. The Labute approximate surface area is 119 Å². The molecule has 1 aliphatic rings. The zero-order valence-electron chi connectivity index (χ0n) is 11.9. The van der Waals surface area contributed by atoms with E-state index in [1.54, 1.807) is 6.07 Å². The van der Waals surface area contributed by atoms with Crippen molar-refractivity contribution in [1.82, 2.24) is 4.90 Å². The summed E-state index contributed by atoms with van der Waals surface area (Å²) in [6.07, 6.45) is 3.44. The Balaban J connectivity index is 1.94. The average Bonchev–Trinajstić information content (AvgIpc) is 2.32. The molecule has 1 aromatic carbocycles. The lowest BCUT2D eigenvalue weighted by Gasteiger charge is -2.36. The number of nitrogens with two attached hydrogens (primary N) is 1. The minimum atomic E-state index is -0.0564. The summed E-state index contributed by atoms with van der Waals surface area (Å²) >= 11 is 0. The molecule has 1 aliphatic carbocycles. The number of anilines is 2. The van der Waals surface area contributed by atoms with Crippen molar-refractivity contribution in [2.75, 3.05) is 30.7 Å². The second kappa shape index (κ2) is 6.72. The number of benzene rings is 1. The van der Waals surface area contributed by atoms with E-state index in [0.29, 0.717) is 24.8 Å². The number of aliphatic hydroxyl groups excluding tert-OH is 1. The first kappa shape index (κ1) is 14.8. The van der Waals surface area contributed by atoms with Gasteiger partial charge in [0.2, 0.25) is 5.91 Å². The van der Waals surface area contributed by atoms with Crippen molar-refractivity contribution in [2.45, 2.75) is 32.2 Å². The molecule has 20 heavy (non-hydrogen) atoms. The normalized spacial score (nSPS) is 15.2. The maximum atomic E-state index is 12.1. The van der Waals surface area contributed by atoms with Gasteiger partial charge in [0.25, 0.3) is 0 Å². The van der Waals surface area contributed by atoms with Gasteiger partial charge in [-0.25, -0.2) is 0 Å². The fourth-order valence-electron chi connectivity index (χ4n) is 2.42. The second-order valence-corrected chi connectivity index (χ2v) is 5.40. The third kappa shape index (κ3) is 3.71. The molecule has 1 saturated carbocycles. The fraction of sp³-hybridized carbons (Fsp3) is 0.533. The summed E-state index contributed by atoms with van der Waals surface area (Å²) in [7, 11) is 0. The van der Waals surface area contributed by atoms with E-state index in [1.165, 1.54) is 6.42 Å². The van der Waals surface area contributed by atoms with Crippen LogP contribution in [0.1, 0.15) is 24.8 Å². The number of aliphatic hydroxyl groups is 1. The Morgan fingerprint density at radius 2 is 2.25 bits per heavy atom. The number of hydrogen-bond donors (Lipinski definition) is 3. The van der Waals surface area contributed by atoms with E-state index < -0.39 is 0 Å². The molecule has 0 aliphatic heterocycles. The Morgan fingerprint density at radius 3 is 2.85 bits per heavy atom. The highest BCUT2D eigenvalue weighted by Gasteiger charge is 2.26. The number of rotatable bonds is 6. The lowest BCUT2D eigenvalue weighted by atomic mass is 9.91. The molecule has 1 amide bonds. The molecule has 4 N–H and O–H groups in total. The Kier molecular flexibility index (Phi) is 4.98. The molecular formula is C15H23N3O2. The topological polar surface area (TPSA) is 78.6 Å². The maximum absolute atomic E-state index is 12.1. The molecule has 1 fully saturated rings. The smallest absolute Gasteiger partial charge is 0.238 e. The second-order valence-electron chi connectivity index (χ2n) is 5.40. The summed E-state index contributed by atoms with van der Waals surface area (Å²) in [6.45, 7) is 2.89. The number of carbonyl (C=O) groups excluding carboxylic acids is 1. The Bertz CT molecular complexity index is 472. The average molecular weight is 277 g/mol. The molecule has 5 nitrogen and oxygen atoms in total. The van der Waals surface area contributed by atoms with E-state index in [9.17, 15) is 4.79 Å². The van der Waals surface area contributed by atoms with Crippen LogP contribution in [0.4, 0.5) is 11.4 Å². The van der Waals surface area contributed by atoms with Crippen LogP contribution in [0.5, 0.6) is 0 Å². The van der Waals surface area contributed by atoms with E-state index in [1.807, 2.05) is 19.1 Å². The van der Waals surface area contributed by atoms with Gasteiger partial charge in [-0.05, 0) is 37.5 Å². The van der Waals surface area contributed by atoms with Crippen LogP contribution in [0.3, 0.4) is 0 Å². The zero-order chi connectivity index (χ0) is 14.5. The van der Waals surface area contributed by atoms with Crippen LogP contribution in [0.25, 0.3) is 0 Å². The van der Waals surface area contributed by atoms with Crippen molar-refractivity contribution in [3.05, 3.63) is 23.8 Å². The van der Waals surface area contributed by atoms with E-state index in [2.05, 4.69) is 10.2 Å². The van der Waals surface area contributed by atoms with Crippen molar-refractivity contribution in [1.29, 1.82) is 0 Å². The summed E-state index contributed by atoms with van der Waals surface area (Å²) in [5, 5.41) is 12.0. The number of nitrogens with zero attached hydrogens (tertiary/aromatic N) is 1. The van der Waals surface area contributed by atoms with Gasteiger partial charge in [-0.1, -0.05) is 12.5 Å². The molecule has 0 saturated heterocycles. The number of amides is 1. The summed E-state index contributed by atoms with van der Waals surface area (Å²) < 4.78 is 0. The van der Waals surface area contributed by atoms with Gasteiger partial charge in [-0.15, -0.1) is 0 Å². The molecular weight excluding hydrogens is 254 g/mol. The van der Waals surface area contributed by atoms with Crippen LogP contribution in [-0.2, 0) is 4.79 Å². The monoisotopic (exact) mass is 277 g/mol. The predicted octanol–water partition coefficient (Wildman–Crippen LogP) is 1.36. The third-order valence-electron chi connectivity index (χ3n) is 3.86. The molecule has 2 rings (SSSR count). The molecule has 5 heteroatoms. The van der Waals surface area contributed by atoms with E-state index in [0.717, 1.165) is 24.1 Å². The highest BCUT2D eigenvalue weighted by atomic mass is 16.3. The first-order valence-corrected chi connectivity index (χ1v) is 7.11. The maximum Gasteiger partial charge on any atom is 0.238 e. The van der Waals surface area contributed by atoms with E-state index >= 15 is 0 Å². The summed E-state index contributed by atoms with van der Waals surface area (Å²) in [6, 6.07) is 5.92. The van der Waals surface area contributed by atoms with Crippen LogP contribution < -0.4 is 11.1 Å². The van der Waals surface area contributed by atoms with Gasteiger partial charge < -0.3 is 16.2 Å². The molecule has 0 unspecified atom stereocenters. The van der Waals surface area contributed by atoms with Crippen molar-refractivity contribution in [2.24, 2.45) is 0 Å². The number of nitrogen functional groups attached to an aromatic ring is 1. The van der Waals surface area contributed by atoms with Crippen molar-refractivity contribution < 1.29 is 9.90 Å². The highest BCUT2D eigenvalue weighted by Crippen LogP contribution is 2.24. The lowest BCUT2D eigenvalue weighted by molar-refractivity contribution is -0.118. The van der Waals surface area contributed by atoms with Gasteiger partial charge in [-0.3, -0.25) is 9.69 Å². The van der Waals surface area contributed by atoms with Crippen LogP contribution in [0.2, 0.25) is 0 Å². The van der Waals surface area contributed by atoms with Gasteiger partial charge in [0.15, 0.2) is 0 Å². The van der Waals surface area contributed by atoms with Crippen LogP contribution in [0.15, 0.2) is 18.2 Å². The Morgan fingerprint density at radius 1 is 1.50 bits per heavy atom. The lowest BCUT2D eigenvalue weighted by Crippen LogP contribution is -2.45. The van der Waals surface area contributed by atoms with Crippen molar-refractivity contribution in [3.63, 3.8) is 0 Å². The molecule has 0 aromatic heterocycles. The van der Waals surface area contributed by atoms with E-state index in [4.69, 9.17) is 10.8 Å². The largest absolute Gasteiger partial charge is 0.399 e. The summed E-state index contributed by atoms with van der Waals surface area (Å²) in [5.41, 5.74) is 8.12. The van der Waals surface area contributed by atoms with Gasteiger partial charge in [-0.2, -0.15) is 0 Å². The number of hydrogen-bond acceptors (Lipinski definition) is 4. The van der Waals surface area contributed by atoms with E-state index in [-0.39, 0.29) is 12.5 Å². The molecule has 0 radical (unpaired) electrons. The predicted molar refractivity (Wildman–Crippen MR) is 80.5 cm³/mol. The highest BCUT2D eigenvalue weighted by molar-refractivity contribution is 5.93. The Hall–Kier alpha value is -1.59. The fourth-order valence-corrected chi connectivity index (χ4v) is 2.42. The first-order valence-electron chi connectivity index (χ1n) is 7.11. The number of aryl methyl sites for hydroxylation is 1. The number of carbonyl (C=O) groups is 1. The summed E-state index contributed by atoms with van der Waals surface area (Å²) in [5.74, 6) is -0.0564. The van der Waals surface area contributed by atoms with Crippen molar-refractivity contribution >= 4 is 17.3 Å². The molecule has 110 valence electrons. The quantitative estimate of drug-likeness (QED) is 0.686. The van der Waals surface area contributed by atoms with Crippen LogP contribution in [0, 0.1) is 6.92 Å². The van der Waals surface area contributed by atoms with Gasteiger partial charge in [0.1, 0.15) is 0 Å². The van der Waals surface area contributed by atoms with Crippen LogP contribution in [-0.4, -0.2) is 41.7 Å². The minimum Gasteiger partial charge on any atom is -0.399 e. The van der Waals surface area contributed by atoms with Gasteiger partial charge in [0, 0.05) is 24.0 Å². The molecule has 0 heterocycles. The van der Waals surface area contributed by atoms with Gasteiger partial charge in [0.05, 0.1) is 13.2 Å². The minimum absolute atomic E-state index is 0.0564. The SMILES string of the molecule is Cc1ccc(N)cc1NC(=O)CN(CCO)C1CCC1. The van der Waals surface area contributed by atoms with Crippen molar-refractivity contribution in [3.8, 4) is 0 Å². The number of nitrogens with one attached hydrogen (secondary N) is 1.